The van der Waals surface area contributed by atoms with E-state index in [1.165, 1.54) is 33.7 Å². The van der Waals surface area contributed by atoms with Crippen LogP contribution in [0.3, 0.4) is 0 Å². The predicted molar refractivity (Wildman–Crippen MR) is 294 cm³/mol. The van der Waals surface area contributed by atoms with Gasteiger partial charge in [0, 0.05) is 56.2 Å². The zero-order valence-electron chi connectivity index (χ0n) is 43.7. The van der Waals surface area contributed by atoms with E-state index in [0.29, 0.717) is 67.5 Å². The Morgan fingerprint density at radius 3 is 1.26 bits per heavy atom. The van der Waals surface area contributed by atoms with Crippen molar-refractivity contribution in [3.05, 3.63) is 176 Å². The Labute approximate surface area is 459 Å². The second-order valence-corrected chi connectivity index (χ2v) is 24.2. The molecule has 0 spiro atoms. The van der Waals surface area contributed by atoms with E-state index in [9.17, 15) is 9.59 Å². The van der Waals surface area contributed by atoms with Gasteiger partial charge in [0.15, 0.2) is 47.4 Å². The number of hydrogen-bond donors (Lipinski definition) is 2. The Bertz CT molecular complexity index is 4200. The molecule has 4 N–H and O–H groups in total. The summed E-state index contributed by atoms with van der Waals surface area (Å²) in [6.07, 6.45) is -4.17. The minimum absolute atomic E-state index is 0.0486. The van der Waals surface area contributed by atoms with E-state index in [4.69, 9.17) is 78.7 Å². The summed E-state index contributed by atoms with van der Waals surface area (Å²) in [5, 5.41) is 2.73. The maximum Gasteiger partial charge on any atom is 0.603 e. The lowest BCUT2D eigenvalue weighted by atomic mass is 10.1. The highest BCUT2D eigenvalue weighted by Gasteiger charge is 2.61. The Kier molecular flexibility index (Phi) is 10.3. The molecule has 8 aliphatic rings. The molecule has 0 saturated carbocycles. The number of hydrogen-bond acceptors (Lipinski definition) is 20. The number of benzene rings is 4. The third-order valence-electron chi connectivity index (χ3n) is 15.7. The topological polar surface area (TPSA) is 280 Å². The number of nitrogen functional groups attached to an aromatic ring is 2. The van der Waals surface area contributed by atoms with Crippen molar-refractivity contribution in [3.63, 3.8) is 0 Å². The molecule has 8 aliphatic heterocycles. The fourth-order valence-corrected chi connectivity index (χ4v) is 15.7. The van der Waals surface area contributed by atoms with Gasteiger partial charge in [-0.3, -0.25) is 17.6 Å². The number of rotatable bonds is 8. The normalized spacial score (nSPS) is 27.6. The summed E-state index contributed by atoms with van der Waals surface area (Å²) in [7, 11) is -4.97. The lowest BCUT2D eigenvalue weighted by Gasteiger charge is -2.35. The summed E-state index contributed by atoms with van der Waals surface area (Å²) in [5.74, 6) is 0.191. The van der Waals surface area contributed by atoms with Crippen LogP contribution in [0.25, 0.3) is 21.5 Å². The molecular weight excluding hydrogens is 1060 g/mol. The van der Waals surface area contributed by atoms with Crippen molar-refractivity contribution in [1.82, 2.24) is 27.6 Å². The van der Waals surface area contributed by atoms with E-state index < -0.39 is 80.9 Å². The molecule has 25 heteroatoms. The molecule has 0 radical (unpaired) electrons. The van der Waals surface area contributed by atoms with Gasteiger partial charge in [0.1, 0.15) is 70.9 Å². The lowest BCUT2D eigenvalue weighted by molar-refractivity contribution is -0.202. The van der Waals surface area contributed by atoms with Crippen LogP contribution in [0, 0.1) is 0 Å². The molecule has 0 aliphatic carbocycles. The van der Waals surface area contributed by atoms with Crippen LogP contribution in [0.4, 0.5) is 23.3 Å². The van der Waals surface area contributed by atoms with E-state index in [0.717, 1.165) is 22.3 Å². The number of amidine groups is 4. The van der Waals surface area contributed by atoms with Crippen molar-refractivity contribution in [2.75, 3.05) is 24.7 Å². The molecule has 4 unspecified atom stereocenters. The Morgan fingerprint density at radius 2 is 0.852 bits per heavy atom. The summed E-state index contributed by atoms with van der Waals surface area (Å²) < 4.78 is 62.8. The molecule has 6 bridgehead atoms. The minimum Gasteiger partial charge on any atom is -0.383 e. The molecule has 16 rings (SSSR count). The Morgan fingerprint density at radius 1 is 0.481 bits per heavy atom. The Hall–Kier alpha value is -8.50. The first-order valence-corrected chi connectivity index (χ1v) is 28.2. The van der Waals surface area contributed by atoms with Gasteiger partial charge in [0.2, 0.25) is 0 Å². The first kappa shape index (κ1) is 48.4. The molecule has 12 heterocycles. The van der Waals surface area contributed by atoms with Gasteiger partial charge in [0.25, 0.3) is 0 Å². The van der Waals surface area contributed by atoms with E-state index >= 15 is 0 Å². The molecule has 406 valence electrons. The van der Waals surface area contributed by atoms with Gasteiger partial charge in [-0.05, 0) is 39.8 Å². The van der Waals surface area contributed by atoms with Crippen LogP contribution in [-0.2, 0) is 37.3 Å². The molecule has 81 heavy (non-hydrogen) atoms. The van der Waals surface area contributed by atoms with E-state index in [1.54, 1.807) is 27.7 Å². The van der Waals surface area contributed by atoms with Gasteiger partial charge in [-0.1, -0.05) is 97.1 Å². The van der Waals surface area contributed by atoms with Gasteiger partial charge in [-0.2, -0.15) is 9.97 Å². The zero-order chi connectivity index (χ0) is 54.8. The van der Waals surface area contributed by atoms with Gasteiger partial charge in [-0.15, -0.1) is 0 Å². The number of anilines is 2. The van der Waals surface area contributed by atoms with Crippen LogP contribution < -0.4 is 33.8 Å². The molecule has 4 saturated heterocycles. The van der Waals surface area contributed by atoms with Crippen LogP contribution in [-0.4, -0.2) is 121 Å². The fraction of sp³-hybridized carbons (Fsp3) is 0.286. The highest BCUT2D eigenvalue weighted by Crippen LogP contribution is 2.48. The summed E-state index contributed by atoms with van der Waals surface area (Å²) in [4.78, 5) is 68.1. The number of aliphatic imine (C=N–C) groups is 4. The number of ether oxygens (including phenoxy) is 6. The minimum atomic E-state index is -4.97. The predicted octanol–water partition coefficient (Wildman–Crippen LogP) is 3.92. The summed E-state index contributed by atoms with van der Waals surface area (Å²) in [6.45, 7) is 6.67. The standard InChI is InChI=1S/C56H48N14O10Si/c1-55(2)77-39-35(75-51(41(39)79-55)67-23-21-37(57)59-53(67)71)25-73-81(74-26-36-40-42(80-56(3,4)78-40)52(76-36)68-24-22-38(58)60-54(68)72)69-47-31-17-9-10-18-32(31)49(69)65-45-29-15-7-8-16-30(29)46(62-45)66-50-34-20-12-11-19-33(34)48(70(50)81)64-44-28-14-6-5-13-27(28)43(61-44)63-47/h5-24,35-36,39-42,51-52H,25-26H2,1-4H3,(H2,57,59,71)(H2,58,60,72)/t35-,36-,39?,40?,41?,42?,51-,52-,81?/m1/s1. The molecule has 4 fully saturated rings. The van der Waals surface area contributed by atoms with E-state index in [-0.39, 0.29) is 24.8 Å². The second-order valence-electron chi connectivity index (χ2n) is 21.6. The number of nitrogens with zero attached hydrogens (tertiary/aromatic N) is 12. The molecule has 4 aromatic heterocycles. The van der Waals surface area contributed by atoms with E-state index in [1.807, 2.05) is 106 Å². The van der Waals surface area contributed by atoms with Crippen molar-refractivity contribution in [1.29, 1.82) is 0 Å². The zero-order valence-corrected chi connectivity index (χ0v) is 44.7. The summed E-state index contributed by atoms with van der Waals surface area (Å²) >= 11 is 0. The Balaban J connectivity index is 0.992. The number of aromatic nitrogens is 6. The lowest BCUT2D eigenvalue weighted by Crippen LogP contribution is -2.65. The van der Waals surface area contributed by atoms with Crippen molar-refractivity contribution < 1.29 is 37.3 Å². The van der Waals surface area contributed by atoms with Crippen LogP contribution >= 0.6 is 0 Å². The second kappa shape index (κ2) is 17.3. The molecule has 24 nitrogen and oxygen atoms in total. The maximum absolute atomic E-state index is 13.7. The van der Waals surface area contributed by atoms with Crippen molar-refractivity contribution in [2.24, 2.45) is 30.0 Å². The smallest absolute Gasteiger partial charge is 0.383 e. The van der Waals surface area contributed by atoms with Crippen molar-refractivity contribution in [2.45, 2.75) is 88.3 Å². The number of fused-ring (bicyclic) bond motifs is 16. The molecule has 8 aromatic rings. The maximum atomic E-state index is 13.7. The third-order valence-corrected chi connectivity index (χ3v) is 18.8. The van der Waals surface area contributed by atoms with Crippen LogP contribution in [0.1, 0.15) is 62.4 Å². The average Bonchev–Trinajstić information content (AvgIpc) is 3.06. The van der Waals surface area contributed by atoms with Crippen molar-refractivity contribution >= 4 is 77.0 Å². The van der Waals surface area contributed by atoms with Gasteiger partial charge in [-0.25, -0.2) is 39.5 Å². The molecule has 8 atom stereocenters. The summed E-state index contributed by atoms with van der Waals surface area (Å²) in [5.41, 5.74) is 14.5. The monoisotopic (exact) mass is 1100 g/mol. The molecule has 4 aromatic carbocycles. The van der Waals surface area contributed by atoms with Gasteiger partial charge >= 0.3 is 20.3 Å². The van der Waals surface area contributed by atoms with Gasteiger partial charge < -0.3 is 48.7 Å². The first-order valence-electron chi connectivity index (χ1n) is 26.4. The van der Waals surface area contributed by atoms with Crippen LogP contribution in [0.2, 0.25) is 0 Å². The fourth-order valence-electron chi connectivity index (χ4n) is 12.4. The molecule has 0 amide bonds. The third kappa shape index (κ3) is 7.30. The van der Waals surface area contributed by atoms with Gasteiger partial charge in [0.05, 0.1) is 13.2 Å². The first-order chi connectivity index (χ1) is 39.2. The van der Waals surface area contributed by atoms with Crippen LogP contribution in [0.5, 0.6) is 0 Å². The quantitative estimate of drug-likeness (QED) is 0.204. The van der Waals surface area contributed by atoms with Crippen molar-refractivity contribution in [3.8, 4) is 0 Å². The average molecular weight is 1110 g/mol. The highest BCUT2D eigenvalue weighted by atomic mass is 28.4. The molecular formula is C56H48N14O10Si. The largest absolute Gasteiger partial charge is 0.603 e. The summed E-state index contributed by atoms with van der Waals surface area (Å²) in [6, 6.07) is 34.3. The highest BCUT2D eigenvalue weighted by molar-refractivity contribution is 6.66. The number of nitrogens with two attached hydrogens (primary N) is 2. The van der Waals surface area contributed by atoms with Crippen LogP contribution in [0.15, 0.2) is 161 Å². The van der Waals surface area contributed by atoms with E-state index in [2.05, 4.69) is 9.97 Å². The SMILES string of the molecule is CC1(C)OC2C(O1)[C@@H](CO[Si]1(OC[C@H]3O[C@@H](n4ccc(N)nc4=O)C4OC(C)(C)OC43)n3c4c5ccccc5c3N=C3N=C(N=c5c6ccccc6c(n51)=NC1=NC(=N4)c4ccccc41)c1ccccc13)O[C@H]2n1ccc(N)nc1=O.